The molecule has 5 heteroatoms. The molecule has 1 aromatic rings. The van der Waals surface area contributed by atoms with Crippen LogP contribution in [0.25, 0.3) is 0 Å². The van der Waals surface area contributed by atoms with Crippen LogP contribution in [0.3, 0.4) is 0 Å². The zero-order chi connectivity index (χ0) is 19.1. The second-order valence-electron chi connectivity index (χ2n) is 7.95. The summed E-state index contributed by atoms with van der Waals surface area (Å²) in [5, 5.41) is 10.7. The van der Waals surface area contributed by atoms with E-state index in [9.17, 15) is 9.90 Å². The van der Waals surface area contributed by atoms with E-state index in [2.05, 4.69) is 19.6 Å². The third kappa shape index (κ3) is 3.31. The first-order valence-electron chi connectivity index (χ1n) is 9.77. The highest BCUT2D eigenvalue weighted by Crippen LogP contribution is 2.51. The van der Waals surface area contributed by atoms with Crippen molar-refractivity contribution in [3.63, 3.8) is 0 Å². The van der Waals surface area contributed by atoms with Crippen molar-refractivity contribution in [2.24, 2.45) is 11.8 Å². The molecule has 0 saturated carbocycles. The molecule has 5 nitrogen and oxygen atoms in total. The minimum Gasteiger partial charge on any atom is -0.507 e. The fraction of sp³-hybridized carbons (Fsp3) is 0.500. The normalized spacial score (nSPS) is 24.3. The molecule has 0 bridgehead atoms. The summed E-state index contributed by atoms with van der Waals surface area (Å²) < 4.78 is 11.0. The lowest BCUT2D eigenvalue weighted by atomic mass is 9.74. The highest BCUT2D eigenvalue weighted by Gasteiger charge is 2.37. The molecule has 2 aliphatic heterocycles. The Kier molecular flexibility index (Phi) is 4.62. The van der Waals surface area contributed by atoms with Gasteiger partial charge in [0, 0.05) is 30.5 Å². The van der Waals surface area contributed by atoms with Crippen molar-refractivity contribution in [2.45, 2.75) is 39.0 Å². The molecule has 1 amide bonds. The molecule has 0 unspecified atom stereocenters. The summed E-state index contributed by atoms with van der Waals surface area (Å²) in [6.45, 7) is 9.86. The standard InChI is InChI=1S/C22H27NO4/c1-4-26-22(25)23-11-16(12-23)8-15-9-19(24)21-18-7-13(2)5-6-17(18)14(3)27-20(21)10-15/h7,9-10,16-18,24H,3-6,8,11-12H2,1-2H3/t17-,18+/m0/s1. The van der Waals surface area contributed by atoms with Crippen molar-refractivity contribution >= 4 is 6.09 Å². The molecule has 3 aliphatic rings. The Morgan fingerprint density at radius 1 is 1.41 bits per heavy atom. The Labute approximate surface area is 160 Å². The van der Waals surface area contributed by atoms with Gasteiger partial charge in [0.2, 0.25) is 0 Å². The van der Waals surface area contributed by atoms with Gasteiger partial charge >= 0.3 is 6.09 Å². The predicted octanol–water partition coefficient (Wildman–Crippen LogP) is 4.37. The predicted molar refractivity (Wildman–Crippen MR) is 103 cm³/mol. The van der Waals surface area contributed by atoms with Gasteiger partial charge in [0.15, 0.2) is 0 Å². The van der Waals surface area contributed by atoms with E-state index < -0.39 is 0 Å². The Morgan fingerprint density at radius 2 is 2.19 bits per heavy atom. The average Bonchev–Trinajstić information content (AvgIpc) is 2.57. The fourth-order valence-electron chi connectivity index (χ4n) is 4.53. The molecule has 1 fully saturated rings. The van der Waals surface area contributed by atoms with Gasteiger partial charge in [0.1, 0.15) is 17.3 Å². The summed E-state index contributed by atoms with van der Waals surface area (Å²) >= 11 is 0. The van der Waals surface area contributed by atoms with Crippen molar-refractivity contribution in [3.8, 4) is 11.5 Å². The number of carbonyl (C=O) groups is 1. The zero-order valence-electron chi connectivity index (χ0n) is 16.0. The smallest absolute Gasteiger partial charge is 0.409 e. The van der Waals surface area contributed by atoms with E-state index in [0.29, 0.717) is 31.4 Å². The summed E-state index contributed by atoms with van der Waals surface area (Å²) in [4.78, 5) is 13.4. The number of carbonyl (C=O) groups excluding carboxylic acids is 1. The SMILES string of the molecule is C=C1Oc2cc(CC3CN(C(=O)OCC)C3)cc(O)c2[C@@H]2C=C(C)CC[C@@H]12. The third-order valence-corrected chi connectivity index (χ3v) is 5.92. The van der Waals surface area contributed by atoms with Crippen molar-refractivity contribution in [1.82, 2.24) is 4.90 Å². The Morgan fingerprint density at radius 3 is 2.93 bits per heavy atom. The molecule has 1 N–H and O–H groups in total. The first-order chi connectivity index (χ1) is 13.0. The number of rotatable bonds is 3. The summed E-state index contributed by atoms with van der Waals surface area (Å²) in [6, 6.07) is 3.89. The molecule has 1 aromatic carbocycles. The topological polar surface area (TPSA) is 59.0 Å². The number of phenols is 1. The number of hydrogen-bond donors (Lipinski definition) is 1. The summed E-state index contributed by atoms with van der Waals surface area (Å²) in [5.41, 5.74) is 3.27. The molecule has 1 saturated heterocycles. The molecular formula is C22H27NO4. The van der Waals surface area contributed by atoms with Gasteiger partial charge in [-0.15, -0.1) is 0 Å². The van der Waals surface area contributed by atoms with E-state index in [1.807, 2.05) is 19.1 Å². The van der Waals surface area contributed by atoms with Gasteiger partial charge in [-0.3, -0.25) is 0 Å². The number of allylic oxidation sites excluding steroid dienone is 3. The monoisotopic (exact) mass is 369 g/mol. The van der Waals surface area contributed by atoms with Gasteiger partial charge in [-0.05, 0) is 56.7 Å². The lowest BCUT2D eigenvalue weighted by Gasteiger charge is -2.39. The lowest BCUT2D eigenvalue weighted by Crippen LogP contribution is -2.50. The molecule has 2 atom stereocenters. The Bertz CT molecular complexity index is 807. The largest absolute Gasteiger partial charge is 0.507 e. The Balaban J connectivity index is 1.51. The molecule has 0 spiro atoms. The van der Waals surface area contributed by atoms with Gasteiger partial charge in [-0.1, -0.05) is 18.2 Å². The second-order valence-corrected chi connectivity index (χ2v) is 7.95. The van der Waals surface area contributed by atoms with Crippen molar-refractivity contribution in [1.29, 1.82) is 0 Å². The van der Waals surface area contributed by atoms with E-state index in [1.165, 1.54) is 5.57 Å². The number of fused-ring (bicyclic) bond motifs is 3. The fourth-order valence-corrected chi connectivity index (χ4v) is 4.53. The lowest BCUT2D eigenvalue weighted by molar-refractivity contribution is 0.0570. The van der Waals surface area contributed by atoms with Crippen LogP contribution >= 0.6 is 0 Å². The van der Waals surface area contributed by atoms with Crippen molar-refractivity contribution in [3.05, 3.63) is 47.2 Å². The summed E-state index contributed by atoms with van der Waals surface area (Å²) in [6.07, 6.45) is 4.88. The van der Waals surface area contributed by atoms with Crippen LogP contribution in [0, 0.1) is 11.8 Å². The molecule has 2 heterocycles. The number of amides is 1. The maximum Gasteiger partial charge on any atom is 0.409 e. The van der Waals surface area contributed by atoms with Crippen molar-refractivity contribution in [2.75, 3.05) is 19.7 Å². The number of nitrogens with zero attached hydrogens (tertiary/aromatic N) is 1. The number of hydrogen-bond acceptors (Lipinski definition) is 4. The van der Waals surface area contributed by atoms with Crippen LogP contribution in [0.15, 0.2) is 36.1 Å². The van der Waals surface area contributed by atoms with E-state index in [4.69, 9.17) is 9.47 Å². The summed E-state index contributed by atoms with van der Waals surface area (Å²) in [7, 11) is 0. The second kappa shape index (κ2) is 6.95. The third-order valence-electron chi connectivity index (χ3n) is 5.92. The quantitative estimate of drug-likeness (QED) is 0.804. The highest BCUT2D eigenvalue weighted by atomic mass is 16.6. The molecule has 0 aromatic heterocycles. The number of phenolic OH excluding ortho intramolecular Hbond substituents is 1. The minimum atomic E-state index is -0.243. The highest BCUT2D eigenvalue weighted by molar-refractivity contribution is 5.68. The zero-order valence-corrected chi connectivity index (χ0v) is 16.0. The van der Waals surface area contributed by atoms with Crippen LogP contribution in [-0.2, 0) is 11.2 Å². The number of ether oxygens (including phenoxy) is 2. The first-order valence-corrected chi connectivity index (χ1v) is 9.77. The number of aromatic hydroxyl groups is 1. The van der Waals surface area contributed by atoms with Crippen molar-refractivity contribution < 1.29 is 19.4 Å². The maximum absolute atomic E-state index is 11.7. The van der Waals surface area contributed by atoms with Crippen LogP contribution in [0.1, 0.15) is 43.7 Å². The van der Waals surface area contributed by atoms with Crippen LogP contribution in [-0.4, -0.2) is 35.8 Å². The number of likely N-dealkylation sites (tertiary alicyclic amines) is 1. The van der Waals surface area contributed by atoms with E-state index in [1.54, 1.807) is 4.90 Å². The molecule has 27 heavy (non-hydrogen) atoms. The van der Waals surface area contributed by atoms with Gasteiger partial charge in [-0.2, -0.15) is 0 Å². The first kappa shape index (κ1) is 18.0. The van der Waals surface area contributed by atoms with Crippen LogP contribution in [0.2, 0.25) is 0 Å². The van der Waals surface area contributed by atoms with Gasteiger partial charge in [0.25, 0.3) is 0 Å². The van der Waals surface area contributed by atoms with E-state index in [-0.39, 0.29) is 17.9 Å². The van der Waals surface area contributed by atoms with E-state index >= 15 is 0 Å². The Hall–Kier alpha value is -2.43. The molecular weight excluding hydrogens is 342 g/mol. The van der Waals surface area contributed by atoms with Gasteiger partial charge < -0.3 is 19.5 Å². The van der Waals surface area contributed by atoms with E-state index in [0.717, 1.165) is 41.9 Å². The molecule has 4 rings (SSSR count). The molecule has 1 aliphatic carbocycles. The van der Waals surface area contributed by atoms with Gasteiger partial charge in [-0.25, -0.2) is 4.79 Å². The van der Waals surface area contributed by atoms with Crippen LogP contribution in [0.5, 0.6) is 11.5 Å². The molecule has 0 radical (unpaired) electrons. The maximum atomic E-state index is 11.7. The molecule has 144 valence electrons. The van der Waals surface area contributed by atoms with Crippen LogP contribution in [0.4, 0.5) is 4.79 Å². The summed E-state index contributed by atoms with van der Waals surface area (Å²) in [5.74, 6) is 2.59. The van der Waals surface area contributed by atoms with Gasteiger partial charge in [0.05, 0.1) is 6.61 Å². The van der Waals surface area contributed by atoms with Crippen LogP contribution < -0.4 is 4.74 Å². The number of benzene rings is 1. The average molecular weight is 369 g/mol. The minimum absolute atomic E-state index is 0.145.